The van der Waals surface area contributed by atoms with E-state index in [0.717, 1.165) is 22.3 Å². The first-order chi connectivity index (χ1) is 16.0. The maximum atomic E-state index is 13.2. The second-order valence-corrected chi connectivity index (χ2v) is 10.2. The summed E-state index contributed by atoms with van der Waals surface area (Å²) in [5, 5.41) is 9.10. The van der Waals surface area contributed by atoms with Crippen LogP contribution in [-0.2, 0) is 39.1 Å². The van der Waals surface area contributed by atoms with E-state index in [9.17, 15) is 18.0 Å². The van der Waals surface area contributed by atoms with Crippen LogP contribution in [0.15, 0.2) is 40.8 Å². The second kappa shape index (κ2) is 10.0. The normalized spacial score (nSPS) is 14.5. The lowest BCUT2D eigenvalue weighted by Gasteiger charge is -2.20. The molecule has 0 spiro atoms. The minimum atomic E-state index is -4.21. The first-order valence-electron chi connectivity index (χ1n) is 11.2. The van der Waals surface area contributed by atoms with Gasteiger partial charge in [0.05, 0.1) is 6.42 Å². The van der Waals surface area contributed by atoms with Crippen molar-refractivity contribution in [2.45, 2.75) is 65.4 Å². The number of benzene rings is 2. The quantitative estimate of drug-likeness (QED) is 0.305. The van der Waals surface area contributed by atoms with E-state index in [-0.39, 0.29) is 35.2 Å². The summed E-state index contributed by atoms with van der Waals surface area (Å²) >= 11 is 0. The number of hydrogen-bond acceptors (Lipinski definition) is 6. The summed E-state index contributed by atoms with van der Waals surface area (Å²) in [5.74, 6) is -1.70. The summed E-state index contributed by atoms with van der Waals surface area (Å²) in [4.78, 5) is 23.7. The number of aliphatic carboxylic acids is 1. The zero-order valence-corrected chi connectivity index (χ0v) is 20.9. The number of hydrogen-bond donors (Lipinski definition) is 1. The van der Waals surface area contributed by atoms with Crippen LogP contribution in [0.4, 0.5) is 0 Å². The molecule has 1 unspecified atom stereocenters. The van der Waals surface area contributed by atoms with Crippen molar-refractivity contribution in [3.8, 4) is 5.75 Å². The molecule has 1 aliphatic heterocycles. The van der Waals surface area contributed by atoms with Crippen LogP contribution in [0, 0.1) is 19.8 Å². The van der Waals surface area contributed by atoms with E-state index in [1.54, 1.807) is 12.1 Å². The maximum absolute atomic E-state index is 13.2. The molecule has 2 aromatic rings. The molecule has 0 saturated carbocycles. The van der Waals surface area contributed by atoms with Crippen molar-refractivity contribution >= 4 is 22.1 Å². The molecule has 1 N–H and O–H groups in total. The van der Waals surface area contributed by atoms with Crippen molar-refractivity contribution in [1.82, 2.24) is 0 Å². The molecule has 34 heavy (non-hydrogen) atoms. The van der Waals surface area contributed by atoms with Crippen molar-refractivity contribution in [3.63, 3.8) is 0 Å². The van der Waals surface area contributed by atoms with Gasteiger partial charge in [0, 0.05) is 11.1 Å². The molecule has 7 nitrogen and oxygen atoms in total. The number of aryl methyl sites for hydroxylation is 1. The SMILES string of the molecule is CCc1c(C)c2c(c(OS(=O)(=O)c3ccc(C)cc3)c1CC=C(C)C(C)CC(=O)O)C(=O)OC2. The van der Waals surface area contributed by atoms with Gasteiger partial charge in [-0.3, -0.25) is 4.79 Å². The Balaban J connectivity index is 2.15. The Bertz CT molecular complexity index is 1260. The Kier molecular flexibility index (Phi) is 7.51. The molecule has 1 aliphatic rings. The van der Waals surface area contributed by atoms with Crippen molar-refractivity contribution in [1.29, 1.82) is 0 Å². The molecular weight excluding hydrogens is 456 g/mol. The first-order valence-corrected chi connectivity index (χ1v) is 12.6. The predicted molar refractivity (Wildman–Crippen MR) is 128 cm³/mol. The Morgan fingerprint density at radius 2 is 1.85 bits per heavy atom. The smallest absolute Gasteiger partial charge is 0.342 e. The number of carboxylic acids is 1. The van der Waals surface area contributed by atoms with Gasteiger partial charge in [0.1, 0.15) is 17.1 Å². The number of carbonyl (C=O) groups is 2. The van der Waals surface area contributed by atoms with Gasteiger partial charge < -0.3 is 14.0 Å². The highest BCUT2D eigenvalue weighted by Crippen LogP contribution is 2.40. The fourth-order valence-corrected chi connectivity index (χ4v) is 5.13. The Morgan fingerprint density at radius 3 is 2.44 bits per heavy atom. The third kappa shape index (κ3) is 5.17. The van der Waals surface area contributed by atoms with E-state index in [1.165, 1.54) is 12.1 Å². The fourth-order valence-electron chi connectivity index (χ4n) is 4.16. The highest BCUT2D eigenvalue weighted by atomic mass is 32.2. The molecule has 0 fully saturated rings. The fraction of sp³-hybridized carbons (Fsp3) is 0.385. The summed E-state index contributed by atoms with van der Waals surface area (Å²) in [6, 6.07) is 6.29. The van der Waals surface area contributed by atoms with Gasteiger partial charge >= 0.3 is 22.1 Å². The van der Waals surface area contributed by atoms with Gasteiger partial charge in [0.25, 0.3) is 0 Å². The van der Waals surface area contributed by atoms with Gasteiger partial charge in [-0.2, -0.15) is 8.42 Å². The van der Waals surface area contributed by atoms with Crippen LogP contribution in [0.5, 0.6) is 5.75 Å². The van der Waals surface area contributed by atoms with Gasteiger partial charge in [0.2, 0.25) is 0 Å². The minimum absolute atomic E-state index is 0.00420. The highest BCUT2D eigenvalue weighted by Gasteiger charge is 2.34. The number of carbonyl (C=O) groups excluding carboxylic acids is 1. The lowest BCUT2D eigenvalue weighted by molar-refractivity contribution is -0.137. The minimum Gasteiger partial charge on any atom is -0.481 e. The third-order valence-electron chi connectivity index (χ3n) is 6.37. The maximum Gasteiger partial charge on any atom is 0.342 e. The van der Waals surface area contributed by atoms with Crippen LogP contribution in [0.1, 0.15) is 65.4 Å². The molecule has 0 bridgehead atoms. The molecule has 3 rings (SSSR count). The van der Waals surface area contributed by atoms with E-state index in [0.29, 0.717) is 24.0 Å². The summed E-state index contributed by atoms with van der Waals surface area (Å²) < 4.78 is 37.3. The third-order valence-corrected chi connectivity index (χ3v) is 7.60. The average Bonchev–Trinajstić information content (AvgIpc) is 3.15. The molecule has 1 atom stereocenters. The molecule has 0 amide bonds. The van der Waals surface area contributed by atoms with Crippen molar-refractivity contribution in [3.05, 3.63) is 69.3 Å². The number of cyclic esters (lactones) is 1. The molecule has 1 heterocycles. The Hall–Kier alpha value is -3.13. The molecule has 0 radical (unpaired) electrons. The van der Waals surface area contributed by atoms with Crippen LogP contribution in [-0.4, -0.2) is 25.5 Å². The van der Waals surface area contributed by atoms with Crippen molar-refractivity contribution in [2.24, 2.45) is 5.92 Å². The van der Waals surface area contributed by atoms with Crippen molar-refractivity contribution in [2.75, 3.05) is 0 Å². The largest absolute Gasteiger partial charge is 0.481 e. The molecule has 2 aromatic carbocycles. The summed E-state index contributed by atoms with van der Waals surface area (Å²) in [7, 11) is -4.21. The topological polar surface area (TPSA) is 107 Å². The average molecular weight is 487 g/mol. The number of esters is 1. The van der Waals surface area contributed by atoms with Gasteiger partial charge in [-0.25, -0.2) is 4.79 Å². The Labute approximate surface area is 200 Å². The molecule has 0 aliphatic carbocycles. The first kappa shape index (κ1) is 25.5. The lowest BCUT2D eigenvalue weighted by Crippen LogP contribution is -2.16. The molecule has 0 aromatic heterocycles. The van der Waals surface area contributed by atoms with Gasteiger partial charge in [0.15, 0.2) is 5.75 Å². The zero-order valence-electron chi connectivity index (χ0n) is 20.1. The highest BCUT2D eigenvalue weighted by molar-refractivity contribution is 7.87. The monoisotopic (exact) mass is 486 g/mol. The number of carboxylic acid groups (broad SMARTS) is 1. The van der Waals surface area contributed by atoms with Gasteiger partial charge in [-0.05, 0) is 62.8 Å². The van der Waals surface area contributed by atoms with Crippen LogP contribution in [0.25, 0.3) is 0 Å². The van der Waals surface area contributed by atoms with E-state index in [4.69, 9.17) is 14.0 Å². The summed E-state index contributed by atoms with van der Waals surface area (Å²) in [6.07, 6.45) is 2.75. The van der Waals surface area contributed by atoms with Crippen LogP contribution < -0.4 is 4.18 Å². The molecule has 182 valence electrons. The van der Waals surface area contributed by atoms with Crippen LogP contribution in [0.3, 0.4) is 0 Å². The van der Waals surface area contributed by atoms with E-state index >= 15 is 0 Å². The molecular formula is C26H30O7S. The molecule has 0 saturated heterocycles. The predicted octanol–water partition coefficient (Wildman–Crippen LogP) is 4.90. The number of allylic oxidation sites excluding steroid dienone is 2. The lowest BCUT2D eigenvalue weighted by atomic mass is 9.88. The Morgan fingerprint density at radius 1 is 1.21 bits per heavy atom. The summed E-state index contributed by atoms with van der Waals surface area (Å²) in [5.41, 5.74) is 4.91. The zero-order chi connectivity index (χ0) is 25.2. The van der Waals surface area contributed by atoms with Gasteiger partial charge in [-0.1, -0.05) is 43.2 Å². The number of rotatable bonds is 9. The standard InChI is InChI=1S/C26H30O7S/c1-6-20-18(5)22-14-32-26(29)24(22)25(21(20)12-9-16(3)17(4)13-23(27)28)33-34(30,31)19-10-7-15(2)8-11-19/h7-11,17H,6,12-14H2,1-5H3,(H,27,28). The van der Waals surface area contributed by atoms with E-state index < -0.39 is 22.1 Å². The van der Waals surface area contributed by atoms with E-state index in [2.05, 4.69) is 0 Å². The number of fused-ring (bicyclic) bond motifs is 1. The second-order valence-electron chi connectivity index (χ2n) is 8.70. The summed E-state index contributed by atoms with van der Waals surface area (Å²) in [6.45, 7) is 9.44. The van der Waals surface area contributed by atoms with Crippen LogP contribution >= 0.6 is 0 Å². The van der Waals surface area contributed by atoms with Crippen LogP contribution in [0.2, 0.25) is 0 Å². The van der Waals surface area contributed by atoms with E-state index in [1.807, 2.05) is 40.7 Å². The molecule has 8 heteroatoms. The number of ether oxygens (including phenoxy) is 1. The van der Waals surface area contributed by atoms with Crippen molar-refractivity contribution < 1.29 is 32.0 Å². The van der Waals surface area contributed by atoms with Gasteiger partial charge in [-0.15, -0.1) is 0 Å².